The molecule has 0 aliphatic rings. The molecule has 118 valence electrons. The normalized spacial score (nSPS) is 10.9. The van der Waals surface area contributed by atoms with Gasteiger partial charge in [-0.1, -0.05) is 49.1 Å². The number of aryl methyl sites for hydroxylation is 2. The minimum Gasteiger partial charge on any atom is -0.237 e. The summed E-state index contributed by atoms with van der Waals surface area (Å²) >= 11 is 0. The van der Waals surface area contributed by atoms with E-state index >= 15 is 0 Å². The van der Waals surface area contributed by atoms with Crippen molar-refractivity contribution in [1.82, 2.24) is 4.98 Å². The average molecular weight is 312 g/mol. The third-order valence-electron chi connectivity index (χ3n) is 4.00. The zero-order valence-corrected chi connectivity index (χ0v) is 14.0. The number of aliphatic imine (C=N–C) groups is 1. The summed E-state index contributed by atoms with van der Waals surface area (Å²) in [6.45, 7) is 8.07. The predicted octanol–water partition coefficient (Wildman–Crippen LogP) is 5.76. The fourth-order valence-corrected chi connectivity index (χ4v) is 2.66. The summed E-state index contributed by atoms with van der Waals surface area (Å²) in [4.78, 5) is 8.80. The van der Waals surface area contributed by atoms with Gasteiger partial charge in [-0.05, 0) is 59.9 Å². The first-order valence-electron chi connectivity index (χ1n) is 7.96. The van der Waals surface area contributed by atoms with Crippen molar-refractivity contribution < 1.29 is 0 Å². The van der Waals surface area contributed by atoms with Gasteiger partial charge in [-0.3, -0.25) is 0 Å². The van der Waals surface area contributed by atoms with Crippen LogP contribution in [0.15, 0.2) is 72.4 Å². The van der Waals surface area contributed by atoms with Crippen molar-refractivity contribution in [3.63, 3.8) is 0 Å². The molecule has 0 saturated carbocycles. The highest BCUT2D eigenvalue weighted by Crippen LogP contribution is 2.25. The number of hydrogen-bond acceptors (Lipinski definition) is 2. The lowest BCUT2D eigenvalue weighted by atomic mass is 9.96. The molecular weight excluding hydrogens is 292 g/mol. The molecule has 3 rings (SSSR count). The summed E-state index contributed by atoms with van der Waals surface area (Å²) in [5.74, 6) is 0.714. The van der Waals surface area contributed by atoms with Crippen LogP contribution in [0.3, 0.4) is 0 Å². The van der Waals surface area contributed by atoms with Crippen LogP contribution in [0.25, 0.3) is 17.2 Å². The Morgan fingerprint density at radius 3 is 2.54 bits per heavy atom. The van der Waals surface area contributed by atoms with Crippen molar-refractivity contribution in [1.29, 1.82) is 0 Å². The second-order valence-electron chi connectivity index (χ2n) is 5.81. The number of aromatic nitrogens is 1. The molecule has 0 fully saturated rings. The number of benzene rings is 2. The fourth-order valence-electron chi connectivity index (χ4n) is 2.66. The molecule has 0 amide bonds. The lowest BCUT2D eigenvalue weighted by Gasteiger charge is -2.09. The Balaban J connectivity index is 2.02. The third-order valence-corrected chi connectivity index (χ3v) is 4.00. The van der Waals surface area contributed by atoms with Crippen LogP contribution < -0.4 is 0 Å². The maximum atomic E-state index is 4.52. The first-order valence-corrected chi connectivity index (χ1v) is 7.96. The Kier molecular flexibility index (Phi) is 4.66. The third kappa shape index (κ3) is 3.49. The van der Waals surface area contributed by atoms with Crippen LogP contribution in [-0.2, 0) is 0 Å². The zero-order chi connectivity index (χ0) is 16.9. The maximum absolute atomic E-state index is 4.52. The molecule has 0 unspecified atom stereocenters. The largest absolute Gasteiger partial charge is 0.237 e. The van der Waals surface area contributed by atoms with Gasteiger partial charge in [-0.2, -0.15) is 0 Å². The summed E-state index contributed by atoms with van der Waals surface area (Å²) in [5, 5.41) is 0. The van der Waals surface area contributed by atoms with Crippen LogP contribution in [0.2, 0.25) is 0 Å². The van der Waals surface area contributed by atoms with Crippen molar-refractivity contribution in [3.05, 3.63) is 89.6 Å². The topological polar surface area (TPSA) is 25.2 Å². The molecule has 0 spiro atoms. The molecule has 0 saturated heterocycles. The smallest absolute Gasteiger partial charge is 0.151 e. The van der Waals surface area contributed by atoms with Crippen LogP contribution >= 0.6 is 0 Å². The summed E-state index contributed by atoms with van der Waals surface area (Å²) in [5.41, 5.74) is 6.91. The molecule has 0 bridgehead atoms. The lowest BCUT2D eigenvalue weighted by Crippen LogP contribution is -1.90. The zero-order valence-electron chi connectivity index (χ0n) is 14.0. The van der Waals surface area contributed by atoms with E-state index in [1.165, 1.54) is 16.7 Å². The van der Waals surface area contributed by atoms with Gasteiger partial charge in [-0.15, -0.1) is 0 Å². The van der Waals surface area contributed by atoms with E-state index in [0.717, 1.165) is 16.7 Å². The molecule has 0 aliphatic carbocycles. The summed E-state index contributed by atoms with van der Waals surface area (Å²) in [6.07, 6.45) is 5.49. The van der Waals surface area contributed by atoms with E-state index in [9.17, 15) is 0 Å². The van der Waals surface area contributed by atoms with Gasteiger partial charge in [0.1, 0.15) is 0 Å². The second kappa shape index (κ2) is 7.05. The first-order chi connectivity index (χ1) is 11.7. The van der Waals surface area contributed by atoms with Crippen molar-refractivity contribution in [2.45, 2.75) is 13.8 Å². The summed E-state index contributed by atoms with van der Waals surface area (Å²) in [7, 11) is 0. The van der Waals surface area contributed by atoms with Crippen LogP contribution in [-0.4, -0.2) is 11.2 Å². The maximum Gasteiger partial charge on any atom is 0.151 e. The average Bonchev–Trinajstić information content (AvgIpc) is 2.60. The molecule has 1 aromatic heterocycles. The van der Waals surface area contributed by atoms with E-state index < -0.39 is 0 Å². The number of nitrogens with zero attached hydrogens (tertiary/aromatic N) is 2. The van der Waals surface area contributed by atoms with Gasteiger partial charge in [0, 0.05) is 18.0 Å². The molecule has 1 heterocycles. The van der Waals surface area contributed by atoms with E-state index in [2.05, 4.69) is 65.9 Å². The molecule has 0 N–H and O–H groups in total. The Morgan fingerprint density at radius 1 is 0.958 bits per heavy atom. The van der Waals surface area contributed by atoms with Gasteiger partial charge in [0.05, 0.1) is 0 Å². The van der Waals surface area contributed by atoms with Gasteiger partial charge < -0.3 is 0 Å². The van der Waals surface area contributed by atoms with Crippen molar-refractivity contribution in [2.75, 3.05) is 0 Å². The van der Waals surface area contributed by atoms with Crippen LogP contribution in [0, 0.1) is 13.8 Å². The molecule has 0 aliphatic heterocycles. The van der Waals surface area contributed by atoms with Crippen LogP contribution in [0.4, 0.5) is 5.82 Å². The second-order valence-corrected chi connectivity index (χ2v) is 5.81. The highest BCUT2D eigenvalue weighted by atomic mass is 14.9. The van der Waals surface area contributed by atoms with E-state index in [-0.39, 0.29) is 0 Å². The fraction of sp³-hybridized carbons (Fsp3) is 0.0909. The Labute approximate surface area is 143 Å². The molecular formula is C22H20N2. The molecule has 0 atom stereocenters. The van der Waals surface area contributed by atoms with Gasteiger partial charge in [0.25, 0.3) is 0 Å². The first kappa shape index (κ1) is 15.9. The summed E-state index contributed by atoms with van der Waals surface area (Å²) in [6, 6.07) is 18.7. The Morgan fingerprint density at radius 2 is 1.79 bits per heavy atom. The molecule has 3 aromatic rings. The minimum absolute atomic E-state index is 0.714. The number of hydrogen-bond donors (Lipinski definition) is 0. The standard InChI is InChI=1S/C22H20N2/c1-4-18-9-10-19(21-8-6-5-7-17(21)3)14-20(18)15-24-22-13-16(2)11-12-23-22/h4-15H,1H2,2-3H3. The monoisotopic (exact) mass is 312 g/mol. The molecule has 2 aromatic carbocycles. The quantitative estimate of drug-likeness (QED) is 0.562. The molecule has 24 heavy (non-hydrogen) atoms. The van der Waals surface area contributed by atoms with E-state index in [1.807, 2.05) is 31.3 Å². The van der Waals surface area contributed by atoms with E-state index in [4.69, 9.17) is 0 Å². The molecule has 2 heteroatoms. The van der Waals surface area contributed by atoms with Crippen LogP contribution in [0.1, 0.15) is 22.3 Å². The lowest BCUT2D eigenvalue weighted by molar-refractivity contribution is 1.25. The highest BCUT2D eigenvalue weighted by molar-refractivity contribution is 5.89. The van der Waals surface area contributed by atoms with Crippen molar-refractivity contribution in [2.24, 2.45) is 4.99 Å². The van der Waals surface area contributed by atoms with Crippen molar-refractivity contribution in [3.8, 4) is 11.1 Å². The Bertz CT molecular complexity index is 907. The predicted molar refractivity (Wildman–Crippen MR) is 103 cm³/mol. The Hall–Kier alpha value is -3.00. The highest BCUT2D eigenvalue weighted by Gasteiger charge is 2.04. The number of pyridine rings is 1. The summed E-state index contributed by atoms with van der Waals surface area (Å²) < 4.78 is 0. The van der Waals surface area contributed by atoms with Crippen molar-refractivity contribution >= 4 is 18.1 Å². The minimum atomic E-state index is 0.714. The number of rotatable bonds is 4. The molecule has 0 radical (unpaired) electrons. The van der Waals surface area contributed by atoms with Crippen LogP contribution in [0.5, 0.6) is 0 Å². The SMILES string of the molecule is C=Cc1ccc(-c2ccccc2C)cc1C=Nc1cc(C)ccn1. The van der Waals surface area contributed by atoms with Gasteiger partial charge in [0.2, 0.25) is 0 Å². The van der Waals surface area contributed by atoms with Gasteiger partial charge in [0.15, 0.2) is 5.82 Å². The van der Waals surface area contributed by atoms with Gasteiger partial charge in [-0.25, -0.2) is 9.98 Å². The molecule has 2 nitrogen and oxygen atoms in total. The van der Waals surface area contributed by atoms with E-state index in [1.54, 1.807) is 6.20 Å². The van der Waals surface area contributed by atoms with Gasteiger partial charge >= 0.3 is 0 Å². The van der Waals surface area contributed by atoms with E-state index in [0.29, 0.717) is 5.82 Å².